The van der Waals surface area contributed by atoms with Gasteiger partial charge in [-0.2, -0.15) is 0 Å². The number of hydrogen-bond donors (Lipinski definition) is 1. The Labute approximate surface area is 165 Å². The molecule has 0 aliphatic carbocycles. The van der Waals surface area contributed by atoms with Crippen LogP contribution in [0, 0.1) is 11.6 Å². The van der Waals surface area contributed by atoms with Crippen LogP contribution in [0.3, 0.4) is 0 Å². The van der Waals surface area contributed by atoms with E-state index in [-0.39, 0.29) is 5.56 Å². The fourth-order valence-electron chi connectivity index (χ4n) is 2.46. The molecule has 0 saturated heterocycles. The van der Waals surface area contributed by atoms with Crippen molar-refractivity contribution in [1.82, 2.24) is 0 Å². The van der Waals surface area contributed by atoms with Crippen molar-refractivity contribution in [2.24, 2.45) is 0 Å². The predicted octanol–water partition coefficient (Wildman–Crippen LogP) is 4.34. The summed E-state index contributed by atoms with van der Waals surface area (Å²) in [4.78, 5) is 23.7. The van der Waals surface area contributed by atoms with Gasteiger partial charge in [0.15, 0.2) is 6.61 Å². The second kappa shape index (κ2) is 9.45. The largest absolute Gasteiger partial charge is 0.489 e. The molecule has 0 aliphatic rings. The van der Waals surface area contributed by atoms with Crippen LogP contribution in [0.15, 0.2) is 72.8 Å². The van der Waals surface area contributed by atoms with E-state index in [1.54, 1.807) is 24.3 Å². The summed E-state index contributed by atoms with van der Waals surface area (Å²) in [6, 6.07) is 18.6. The van der Waals surface area contributed by atoms with E-state index < -0.39 is 30.1 Å². The number of benzene rings is 3. The van der Waals surface area contributed by atoms with Gasteiger partial charge in [0.1, 0.15) is 24.0 Å². The Hall–Kier alpha value is -3.74. The lowest BCUT2D eigenvalue weighted by Gasteiger charge is -2.09. The molecule has 148 valence electrons. The van der Waals surface area contributed by atoms with Crippen molar-refractivity contribution in [1.29, 1.82) is 0 Å². The van der Waals surface area contributed by atoms with Crippen LogP contribution < -0.4 is 10.1 Å². The van der Waals surface area contributed by atoms with Crippen LogP contribution in [0.2, 0.25) is 0 Å². The van der Waals surface area contributed by atoms with E-state index in [9.17, 15) is 18.4 Å². The first-order chi connectivity index (χ1) is 14.0. The lowest BCUT2D eigenvalue weighted by Crippen LogP contribution is -2.21. The molecule has 29 heavy (non-hydrogen) atoms. The van der Waals surface area contributed by atoms with Gasteiger partial charge in [-0.3, -0.25) is 4.79 Å². The number of amides is 1. The third kappa shape index (κ3) is 6.14. The number of halogens is 2. The minimum absolute atomic E-state index is 0.310. The summed E-state index contributed by atoms with van der Waals surface area (Å²) in [6.45, 7) is -0.174. The van der Waals surface area contributed by atoms with Crippen molar-refractivity contribution >= 4 is 17.6 Å². The molecule has 0 unspecified atom stereocenters. The van der Waals surface area contributed by atoms with Crippen LogP contribution in [-0.4, -0.2) is 18.5 Å². The summed E-state index contributed by atoms with van der Waals surface area (Å²) >= 11 is 0. The molecule has 3 aromatic carbocycles. The van der Waals surface area contributed by atoms with Crippen molar-refractivity contribution < 1.29 is 27.8 Å². The summed E-state index contributed by atoms with van der Waals surface area (Å²) in [5.41, 5.74) is 1.20. The number of rotatable bonds is 7. The number of esters is 1. The number of hydrogen-bond acceptors (Lipinski definition) is 4. The topological polar surface area (TPSA) is 64.6 Å². The number of nitrogens with one attached hydrogen (secondary N) is 1. The molecule has 0 radical (unpaired) electrons. The van der Waals surface area contributed by atoms with E-state index in [2.05, 4.69) is 5.32 Å². The van der Waals surface area contributed by atoms with Gasteiger partial charge >= 0.3 is 5.97 Å². The van der Waals surface area contributed by atoms with Gasteiger partial charge in [-0.25, -0.2) is 13.6 Å². The summed E-state index contributed by atoms with van der Waals surface area (Å²) in [6.07, 6.45) is 0. The normalized spacial score (nSPS) is 10.3. The number of anilines is 1. The maximum Gasteiger partial charge on any atom is 0.338 e. The summed E-state index contributed by atoms with van der Waals surface area (Å²) in [5.74, 6) is -2.77. The second-order valence-electron chi connectivity index (χ2n) is 6.08. The molecular formula is C22H17F2NO4. The Kier molecular flexibility index (Phi) is 6.52. The van der Waals surface area contributed by atoms with Crippen molar-refractivity contribution in [2.45, 2.75) is 6.61 Å². The molecule has 0 heterocycles. The van der Waals surface area contributed by atoms with Crippen molar-refractivity contribution in [3.05, 3.63) is 95.6 Å². The molecule has 0 saturated carbocycles. The van der Waals surface area contributed by atoms with Crippen molar-refractivity contribution in [3.8, 4) is 5.75 Å². The molecule has 5 nitrogen and oxygen atoms in total. The third-order valence-electron chi connectivity index (χ3n) is 3.82. The molecule has 7 heteroatoms. The Bertz CT molecular complexity index is 971. The van der Waals surface area contributed by atoms with Crippen LogP contribution in [0.25, 0.3) is 0 Å². The lowest BCUT2D eigenvalue weighted by molar-refractivity contribution is -0.119. The van der Waals surface area contributed by atoms with Gasteiger partial charge in [0.05, 0.1) is 5.56 Å². The number of carbonyl (C=O) groups excluding carboxylic acids is 2. The summed E-state index contributed by atoms with van der Waals surface area (Å²) in [7, 11) is 0. The zero-order chi connectivity index (χ0) is 20.6. The molecule has 0 fully saturated rings. The van der Waals surface area contributed by atoms with Gasteiger partial charge in [-0.1, -0.05) is 30.3 Å². The fraction of sp³-hybridized carbons (Fsp3) is 0.0909. The zero-order valence-electron chi connectivity index (χ0n) is 15.2. The van der Waals surface area contributed by atoms with Gasteiger partial charge in [0.2, 0.25) is 0 Å². The minimum Gasteiger partial charge on any atom is -0.489 e. The number of carbonyl (C=O) groups is 2. The first kappa shape index (κ1) is 20.0. The predicted molar refractivity (Wildman–Crippen MR) is 102 cm³/mol. The van der Waals surface area contributed by atoms with Crippen LogP contribution in [0.5, 0.6) is 5.75 Å². The van der Waals surface area contributed by atoms with E-state index in [0.717, 1.165) is 17.7 Å². The van der Waals surface area contributed by atoms with Crippen molar-refractivity contribution in [3.63, 3.8) is 0 Å². The molecule has 0 aromatic heterocycles. The van der Waals surface area contributed by atoms with Gasteiger partial charge in [0.25, 0.3) is 5.91 Å². The Morgan fingerprint density at radius 2 is 1.52 bits per heavy atom. The minimum atomic E-state index is -0.997. The van der Waals surface area contributed by atoms with Crippen molar-refractivity contribution in [2.75, 3.05) is 11.9 Å². The molecule has 0 spiro atoms. The van der Waals surface area contributed by atoms with E-state index in [0.29, 0.717) is 24.1 Å². The number of ether oxygens (including phenoxy) is 2. The average molecular weight is 397 g/mol. The van der Waals surface area contributed by atoms with Crippen LogP contribution in [0.4, 0.5) is 14.5 Å². The second-order valence-corrected chi connectivity index (χ2v) is 6.08. The maximum atomic E-state index is 13.1. The first-order valence-corrected chi connectivity index (χ1v) is 8.69. The molecule has 0 aliphatic heterocycles. The molecular weight excluding hydrogens is 380 g/mol. The molecule has 3 aromatic rings. The summed E-state index contributed by atoms with van der Waals surface area (Å²) in [5, 5.41) is 2.55. The highest BCUT2D eigenvalue weighted by Gasteiger charge is 2.13. The highest BCUT2D eigenvalue weighted by molar-refractivity contribution is 5.95. The van der Waals surface area contributed by atoms with Gasteiger partial charge in [-0.05, 0) is 42.0 Å². The Morgan fingerprint density at radius 1 is 0.862 bits per heavy atom. The lowest BCUT2D eigenvalue weighted by atomic mass is 10.2. The van der Waals surface area contributed by atoms with E-state index >= 15 is 0 Å². The maximum absolute atomic E-state index is 13.1. The van der Waals surface area contributed by atoms with Crippen LogP contribution in [-0.2, 0) is 16.1 Å². The monoisotopic (exact) mass is 397 g/mol. The standard InChI is InChI=1S/C22H17F2NO4/c23-17-10-16(11-18(24)12-17)22(27)29-14-21(26)25-19-6-8-20(9-7-19)28-13-15-4-2-1-3-5-15/h1-12H,13-14H2,(H,25,26). The zero-order valence-corrected chi connectivity index (χ0v) is 15.2. The van der Waals surface area contributed by atoms with E-state index in [4.69, 9.17) is 9.47 Å². The van der Waals surface area contributed by atoms with Crippen LogP contribution >= 0.6 is 0 Å². The van der Waals surface area contributed by atoms with Crippen LogP contribution in [0.1, 0.15) is 15.9 Å². The SMILES string of the molecule is O=C(COC(=O)c1cc(F)cc(F)c1)Nc1ccc(OCc2ccccc2)cc1. The third-order valence-corrected chi connectivity index (χ3v) is 3.82. The summed E-state index contributed by atoms with van der Waals surface area (Å²) < 4.78 is 36.7. The quantitative estimate of drug-likeness (QED) is 0.603. The molecule has 1 amide bonds. The molecule has 0 bridgehead atoms. The Balaban J connectivity index is 1.47. The smallest absolute Gasteiger partial charge is 0.338 e. The highest BCUT2D eigenvalue weighted by atomic mass is 19.1. The average Bonchev–Trinajstić information content (AvgIpc) is 2.71. The van der Waals surface area contributed by atoms with Gasteiger partial charge in [-0.15, -0.1) is 0 Å². The Morgan fingerprint density at radius 3 is 2.17 bits per heavy atom. The van der Waals surface area contributed by atoms with E-state index in [1.807, 2.05) is 30.3 Å². The molecule has 1 N–H and O–H groups in total. The fourth-order valence-corrected chi connectivity index (χ4v) is 2.46. The van der Waals surface area contributed by atoms with Gasteiger partial charge in [0, 0.05) is 11.8 Å². The highest BCUT2D eigenvalue weighted by Crippen LogP contribution is 2.17. The van der Waals surface area contributed by atoms with E-state index in [1.165, 1.54) is 0 Å². The molecule has 3 rings (SSSR count). The first-order valence-electron chi connectivity index (χ1n) is 8.69. The molecule has 0 atom stereocenters. The van der Waals surface area contributed by atoms with Gasteiger partial charge < -0.3 is 14.8 Å².